The van der Waals surface area contributed by atoms with Gasteiger partial charge in [0.25, 0.3) is 0 Å². The smallest absolute Gasteiger partial charge is 0.346 e. The number of carboxylic acid groups (broad SMARTS) is 1. The van der Waals surface area contributed by atoms with Crippen molar-refractivity contribution in [2.24, 2.45) is 0 Å². The number of carbonyl (C=O) groups is 2. The van der Waals surface area contributed by atoms with Crippen LogP contribution in [0.5, 0.6) is 5.75 Å². The SMILES string of the molecule is COc1ccccc1[C@@H]1CC(=O)Nc2c1sc(C(=O)O)c2-c1ccc(Cl)cc1. The molecule has 142 valence electrons. The van der Waals surface area contributed by atoms with Crippen LogP contribution in [0, 0.1) is 0 Å². The first-order valence-electron chi connectivity index (χ1n) is 8.58. The monoisotopic (exact) mass is 413 g/mol. The Hall–Kier alpha value is -2.83. The van der Waals surface area contributed by atoms with Crippen molar-refractivity contribution in [2.75, 3.05) is 12.4 Å². The van der Waals surface area contributed by atoms with Gasteiger partial charge in [-0.3, -0.25) is 4.79 Å². The number of anilines is 1. The lowest BCUT2D eigenvalue weighted by Crippen LogP contribution is -2.22. The number of ether oxygens (including phenoxy) is 1. The molecule has 0 aliphatic carbocycles. The van der Waals surface area contributed by atoms with E-state index in [1.807, 2.05) is 24.3 Å². The maximum Gasteiger partial charge on any atom is 0.346 e. The highest BCUT2D eigenvalue weighted by Crippen LogP contribution is 2.50. The molecule has 1 amide bonds. The van der Waals surface area contributed by atoms with Crippen LogP contribution in [-0.2, 0) is 4.79 Å². The van der Waals surface area contributed by atoms with Gasteiger partial charge >= 0.3 is 5.97 Å². The van der Waals surface area contributed by atoms with Crippen molar-refractivity contribution in [1.82, 2.24) is 0 Å². The second-order valence-corrected chi connectivity index (χ2v) is 7.89. The lowest BCUT2D eigenvalue weighted by atomic mass is 9.88. The normalized spacial score (nSPS) is 15.6. The predicted octanol–water partition coefficient (Wildman–Crippen LogP) is 5.25. The summed E-state index contributed by atoms with van der Waals surface area (Å²) in [5, 5.41) is 13.2. The molecule has 4 rings (SSSR count). The van der Waals surface area contributed by atoms with Crippen molar-refractivity contribution in [2.45, 2.75) is 12.3 Å². The number of thiophene rings is 1. The molecule has 0 fully saturated rings. The first-order valence-corrected chi connectivity index (χ1v) is 9.77. The predicted molar refractivity (Wildman–Crippen MR) is 110 cm³/mol. The lowest BCUT2D eigenvalue weighted by Gasteiger charge is -2.25. The molecule has 1 aliphatic heterocycles. The zero-order valence-electron chi connectivity index (χ0n) is 14.9. The van der Waals surface area contributed by atoms with E-state index >= 15 is 0 Å². The molecule has 2 aromatic carbocycles. The van der Waals surface area contributed by atoms with Crippen LogP contribution in [0.3, 0.4) is 0 Å². The van der Waals surface area contributed by atoms with Gasteiger partial charge in [-0.15, -0.1) is 11.3 Å². The summed E-state index contributed by atoms with van der Waals surface area (Å²) in [7, 11) is 1.58. The van der Waals surface area contributed by atoms with Crippen molar-refractivity contribution in [3.05, 3.63) is 68.9 Å². The molecular formula is C21H16ClNO4S. The van der Waals surface area contributed by atoms with Crippen LogP contribution < -0.4 is 10.1 Å². The van der Waals surface area contributed by atoms with Crippen molar-refractivity contribution >= 4 is 40.5 Å². The fraction of sp³-hybridized carbons (Fsp3) is 0.143. The van der Waals surface area contributed by atoms with Crippen LogP contribution in [-0.4, -0.2) is 24.1 Å². The minimum Gasteiger partial charge on any atom is -0.496 e. The van der Waals surface area contributed by atoms with Crippen molar-refractivity contribution in [3.8, 4) is 16.9 Å². The molecule has 0 spiro atoms. The summed E-state index contributed by atoms with van der Waals surface area (Å²) in [4.78, 5) is 25.5. The summed E-state index contributed by atoms with van der Waals surface area (Å²) in [6.45, 7) is 0. The number of para-hydroxylation sites is 1. The van der Waals surface area contributed by atoms with E-state index in [1.54, 1.807) is 31.4 Å². The van der Waals surface area contributed by atoms with E-state index < -0.39 is 5.97 Å². The minimum absolute atomic E-state index is 0.159. The number of nitrogens with one attached hydrogen (secondary N) is 1. The Morgan fingerprint density at radius 1 is 1.21 bits per heavy atom. The van der Waals surface area contributed by atoms with Crippen LogP contribution in [0.25, 0.3) is 11.1 Å². The highest BCUT2D eigenvalue weighted by atomic mass is 35.5. The molecular weight excluding hydrogens is 398 g/mol. The van der Waals surface area contributed by atoms with Crippen LogP contribution in [0.4, 0.5) is 5.69 Å². The quantitative estimate of drug-likeness (QED) is 0.612. The highest BCUT2D eigenvalue weighted by molar-refractivity contribution is 7.15. The number of hydrogen-bond donors (Lipinski definition) is 2. The average molecular weight is 414 g/mol. The molecule has 0 saturated heterocycles. The molecule has 5 nitrogen and oxygen atoms in total. The summed E-state index contributed by atoms with van der Waals surface area (Å²) in [5.41, 5.74) is 2.62. The molecule has 1 aliphatic rings. The maximum absolute atomic E-state index is 12.5. The number of methoxy groups -OCH3 is 1. The Kier molecular flexibility index (Phi) is 4.83. The molecule has 7 heteroatoms. The Bertz CT molecular complexity index is 1070. The van der Waals surface area contributed by atoms with Gasteiger partial charge in [-0.1, -0.05) is 41.9 Å². The van der Waals surface area contributed by atoms with E-state index in [-0.39, 0.29) is 23.1 Å². The van der Waals surface area contributed by atoms with E-state index in [1.165, 1.54) is 11.3 Å². The molecule has 0 bridgehead atoms. The summed E-state index contributed by atoms with van der Waals surface area (Å²) < 4.78 is 5.47. The van der Waals surface area contributed by atoms with Gasteiger partial charge in [0.2, 0.25) is 5.91 Å². The molecule has 1 aromatic heterocycles. The van der Waals surface area contributed by atoms with Crippen molar-refractivity contribution in [1.29, 1.82) is 0 Å². The number of rotatable bonds is 4. The van der Waals surface area contributed by atoms with Crippen LogP contribution in [0.15, 0.2) is 48.5 Å². The number of benzene rings is 2. The Morgan fingerprint density at radius 3 is 2.61 bits per heavy atom. The van der Waals surface area contributed by atoms with Gasteiger partial charge in [-0.2, -0.15) is 0 Å². The second-order valence-electron chi connectivity index (χ2n) is 6.40. The molecule has 2 heterocycles. The van der Waals surface area contributed by atoms with Crippen LogP contribution >= 0.6 is 22.9 Å². The van der Waals surface area contributed by atoms with E-state index in [9.17, 15) is 14.7 Å². The molecule has 0 saturated carbocycles. The number of fused-ring (bicyclic) bond motifs is 1. The molecule has 0 unspecified atom stereocenters. The maximum atomic E-state index is 12.5. The highest BCUT2D eigenvalue weighted by Gasteiger charge is 2.35. The second kappa shape index (κ2) is 7.30. The van der Waals surface area contributed by atoms with E-state index in [4.69, 9.17) is 16.3 Å². The van der Waals surface area contributed by atoms with Gasteiger partial charge in [-0.25, -0.2) is 4.79 Å². The van der Waals surface area contributed by atoms with Crippen LogP contribution in [0.1, 0.15) is 32.5 Å². The van der Waals surface area contributed by atoms with Gasteiger partial charge in [-0.05, 0) is 23.8 Å². The number of halogens is 1. The topological polar surface area (TPSA) is 75.6 Å². The summed E-state index contributed by atoms with van der Waals surface area (Å²) in [5.74, 6) is -0.791. The zero-order valence-corrected chi connectivity index (χ0v) is 16.4. The third-order valence-corrected chi connectivity index (χ3v) is 6.29. The van der Waals surface area contributed by atoms with Gasteiger partial charge in [0.15, 0.2) is 0 Å². The van der Waals surface area contributed by atoms with Crippen molar-refractivity contribution in [3.63, 3.8) is 0 Å². The third-order valence-electron chi connectivity index (χ3n) is 4.75. The third kappa shape index (κ3) is 3.15. The van der Waals surface area contributed by atoms with Gasteiger partial charge in [0.1, 0.15) is 10.6 Å². The van der Waals surface area contributed by atoms with Gasteiger partial charge in [0.05, 0.1) is 12.8 Å². The number of aromatic carboxylic acids is 1. The summed E-state index contributed by atoms with van der Waals surface area (Å²) in [6.07, 6.45) is 0.229. The lowest BCUT2D eigenvalue weighted by molar-refractivity contribution is -0.116. The van der Waals surface area contributed by atoms with E-state index in [0.29, 0.717) is 27.6 Å². The van der Waals surface area contributed by atoms with Crippen LogP contribution in [0.2, 0.25) is 5.02 Å². The fourth-order valence-electron chi connectivity index (χ4n) is 3.53. The van der Waals surface area contributed by atoms with Gasteiger partial charge < -0.3 is 15.2 Å². The number of carbonyl (C=O) groups excluding carboxylic acids is 1. The summed E-state index contributed by atoms with van der Waals surface area (Å²) in [6, 6.07) is 14.4. The number of carboxylic acids is 1. The standard InChI is InChI=1S/C21H16ClNO4S/c1-27-15-5-3-2-4-13(15)14-10-16(24)23-18-17(11-6-8-12(22)9-7-11)20(21(25)26)28-19(14)18/h2-9,14H,10H2,1H3,(H,23,24)(H,25,26)/t14-/m0/s1. The largest absolute Gasteiger partial charge is 0.496 e. The molecule has 3 aromatic rings. The Labute approximate surface area is 170 Å². The molecule has 0 radical (unpaired) electrons. The molecule has 2 N–H and O–H groups in total. The molecule has 1 atom stereocenters. The zero-order chi connectivity index (χ0) is 19.8. The molecule has 28 heavy (non-hydrogen) atoms. The number of amides is 1. The Balaban J connectivity index is 1.95. The van der Waals surface area contributed by atoms with E-state index in [0.717, 1.165) is 10.4 Å². The average Bonchev–Trinajstić information content (AvgIpc) is 3.07. The minimum atomic E-state index is -1.03. The van der Waals surface area contributed by atoms with E-state index in [2.05, 4.69) is 5.32 Å². The fourth-order valence-corrected chi connectivity index (χ4v) is 4.90. The number of hydrogen-bond acceptors (Lipinski definition) is 4. The van der Waals surface area contributed by atoms with Crippen molar-refractivity contribution < 1.29 is 19.4 Å². The van der Waals surface area contributed by atoms with Gasteiger partial charge in [0, 0.05) is 33.4 Å². The first-order chi connectivity index (χ1) is 13.5. The first kappa shape index (κ1) is 18.5. The summed E-state index contributed by atoms with van der Waals surface area (Å²) >= 11 is 7.17. The Morgan fingerprint density at radius 2 is 1.93 bits per heavy atom.